The zero-order chi connectivity index (χ0) is 10.7. The Morgan fingerprint density at radius 3 is 2.73 bits per heavy atom. The third-order valence-corrected chi connectivity index (χ3v) is 3.24. The van der Waals surface area contributed by atoms with Crippen LogP contribution in [0.4, 0.5) is 0 Å². The molecule has 2 rings (SSSR count). The molecule has 0 spiro atoms. The maximum atomic E-state index is 5.87. The van der Waals surface area contributed by atoms with Crippen LogP contribution in [0, 0.1) is 6.92 Å². The second kappa shape index (κ2) is 4.77. The van der Waals surface area contributed by atoms with Gasteiger partial charge in [-0.15, -0.1) is 0 Å². The number of piperidine rings is 1. The Morgan fingerprint density at radius 2 is 2.20 bits per heavy atom. The van der Waals surface area contributed by atoms with Crippen LogP contribution in [0.3, 0.4) is 0 Å². The Kier molecular flexibility index (Phi) is 3.38. The van der Waals surface area contributed by atoms with Crippen LogP contribution in [0.15, 0.2) is 6.33 Å². The van der Waals surface area contributed by atoms with Crippen LogP contribution in [-0.4, -0.2) is 34.5 Å². The highest BCUT2D eigenvalue weighted by Gasteiger charge is 2.23. The van der Waals surface area contributed by atoms with Crippen molar-refractivity contribution in [1.82, 2.24) is 14.9 Å². The fourth-order valence-corrected chi connectivity index (χ4v) is 2.37. The van der Waals surface area contributed by atoms with Gasteiger partial charge in [-0.25, -0.2) is 4.98 Å². The summed E-state index contributed by atoms with van der Waals surface area (Å²) in [5, 5.41) is 0. The smallest absolute Gasteiger partial charge is 0.0925 e. The summed E-state index contributed by atoms with van der Waals surface area (Å²) in [5.74, 6) is 0. The second-order valence-corrected chi connectivity index (χ2v) is 4.26. The SMILES string of the molecule is Cc1[nH]cnc1C(CN)N1CCCCC1. The first-order chi connectivity index (χ1) is 7.33. The molecule has 84 valence electrons. The van der Waals surface area contributed by atoms with Crippen molar-refractivity contribution in [3.05, 3.63) is 17.7 Å². The monoisotopic (exact) mass is 208 g/mol. The molecule has 4 heteroatoms. The minimum Gasteiger partial charge on any atom is -0.348 e. The molecule has 1 saturated heterocycles. The van der Waals surface area contributed by atoms with Gasteiger partial charge >= 0.3 is 0 Å². The van der Waals surface area contributed by atoms with Gasteiger partial charge in [-0.05, 0) is 32.9 Å². The summed E-state index contributed by atoms with van der Waals surface area (Å²) in [6, 6.07) is 0.302. The molecule has 0 radical (unpaired) electrons. The quantitative estimate of drug-likeness (QED) is 0.785. The first kappa shape index (κ1) is 10.6. The van der Waals surface area contributed by atoms with Crippen molar-refractivity contribution in [2.24, 2.45) is 5.73 Å². The standard InChI is InChI=1S/C11H20N4/c1-9-11(14-8-13-9)10(7-12)15-5-3-2-4-6-15/h8,10H,2-7,12H2,1H3,(H,13,14). The van der Waals surface area contributed by atoms with Crippen LogP contribution in [-0.2, 0) is 0 Å². The zero-order valence-corrected chi connectivity index (χ0v) is 9.37. The summed E-state index contributed by atoms with van der Waals surface area (Å²) in [6.07, 6.45) is 5.70. The van der Waals surface area contributed by atoms with Crippen molar-refractivity contribution in [3.8, 4) is 0 Å². The lowest BCUT2D eigenvalue weighted by Gasteiger charge is -2.33. The second-order valence-electron chi connectivity index (χ2n) is 4.26. The third-order valence-electron chi connectivity index (χ3n) is 3.24. The van der Waals surface area contributed by atoms with Gasteiger partial charge in [0.2, 0.25) is 0 Å². The number of rotatable bonds is 3. The number of hydrogen-bond acceptors (Lipinski definition) is 3. The molecular weight excluding hydrogens is 188 g/mol. The minimum atomic E-state index is 0.302. The van der Waals surface area contributed by atoms with Crippen molar-refractivity contribution < 1.29 is 0 Å². The molecule has 0 aromatic carbocycles. The van der Waals surface area contributed by atoms with E-state index in [1.165, 1.54) is 19.3 Å². The maximum Gasteiger partial charge on any atom is 0.0925 e. The molecule has 4 nitrogen and oxygen atoms in total. The minimum absolute atomic E-state index is 0.302. The van der Waals surface area contributed by atoms with E-state index in [1.807, 2.05) is 0 Å². The van der Waals surface area contributed by atoms with Crippen LogP contribution in [0.1, 0.15) is 36.7 Å². The van der Waals surface area contributed by atoms with E-state index in [0.717, 1.165) is 24.5 Å². The first-order valence-corrected chi connectivity index (χ1v) is 5.77. The molecule has 1 aliphatic rings. The van der Waals surface area contributed by atoms with E-state index in [1.54, 1.807) is 6.33 Å². The van der Waals surface area contributed by atoms with Crippen molar-refractivity contribution in [2.45, 2.75) is 32.2 Å². The number of nitrogens with two attached hydrogens (primary N) is 1. The molecule has 3 N–H and O–H groups in total. The van der Waals surface area contributed by atoms with Crippen LogP contribution in [0.2, 0.25) is 0 Å². The molecule has 0 bridgehead atoms. The number of hydrogen-bond donors (Lipinski definition) is 2. The van der Waals surface area contributed by atoms with Gasteiger partial charge in [-0.3, -0.25) is 4.90 Å². The van der Waals surface area contributed by atoms with Gasteiger partial charge in [0, 0.05) is 12.2 Å². The summed E-state index contributed by atoms with van der Waals surface area (Å²) in [7, 11) is 0. The van der Waals surface area contributed by atoms with E-state index < -0.39 is 0 Å². The number of imidazole rings is 1. The normalized spacial score (nSPS) is 20.4. The number of nitrogens with one attached hydrogen (secondary N) is 1. The lowest BCUT2D eigenvalue weighted by molar-refractivity contribution is 0.164. The number of likely N-dealkylation sites (tertiary alicyclic amines) is 1. The topological polar surface area (TPSA) is 57.9 Å². The average Bonchev–Trinajstić information content (AvgIpc) is 2.68. The molecule has 2 heterocycles. The molecule has 15 heavy (non-hydrogen) atoms. The molecule has 0 saturated carbocycles. The largest absolute Gasteiger partial charge is 0.348 e. The third kappa shape index (κ3) is 2.21. The van der Waals surface area contributed by atoms with Crippen LogP contribution < -0.4 is 5.73 Å². The van der Waals surface area contributed by atoms with Crippen molar-refractivity contribution in [2.75, 3.05) is 19.6 Å². The Labute approximate surface area is 90.9 Å². The first-order valence-electron chi connectivity index (χ1n) is 5.77. The van der Waals surface area contributed by atoms with E-state index in [-0.39, 0.29) is 0 Å². The number of nitrogens with zero attached hydrogens (tertiary/aromatic N) is 2. The Hall–Kier alpha value is -0.870. The van der Waals surface area contributed by atoms with Gasteiger partial charge in [-0.1, -0.05) is 6.42 Å². The molecule has 0 amide bonds. The van der Waals surface area contributed by atoms with Crippen molar-refractivity contribution >= 4 is 0 Å². The molecule has 1 aromatic rings. The van der Waals surface area contributed by atoms with E-state index in [0.29, 0.717) is 12.6 Å². The van der Waals surface area contributed by atoms with Crippen molar-refractivity contribution in [1.29, 1.82) is 0 Å². The molecule has 1 aliphatic heterocycles. The number of aromatic nitrogens is 2. The Morgan fingerprint density at radius 1 is 1.47 bits per heavy atom. The van der Waals surface area contributed by atoms with Crippen LogP contribution in [0.25, 0.3) is 0 Å². The Balaban J connectivity index is 2.12. The lowest BCUT2D eigenvalue weighted by Crippen LogP contribution is -2.38. The van der Waals surface area contributed by atoms with Gasteiger partial charge in [0.25, 0.3) is 0 Å². The number of aryl methyl sites for hydroxylation is 1. The summed E-state index contributed by atoms with van der Waals surface area (Å²) in [4.78, 5) is 9.98. The van der Waals surface area contributed by atoms with Crippen LogP contribution in [0.5, 0.6) is 0 Å². The number of aromatic amines is 1. The summed E-state index contributed by atoms with van der Waals surface area (Å²) >= 11 is 0. The molecular formula is C11H20N4. The maximum absolute atomic E-state index is 5.87. The van der Waals surface area contributed by atoms with E-state index in [4.69, 9.17) is 5.73 Å². The van der Waals surface area contributed by atoms with Gasteiger partial charge in [0.1, 0.15) is 0 Å². The molecule has 0 aliphatic carbocycles. The fourth-order valence-electron chi connectivity index (χ4n) is 2.37. The molecule has 1 atom stereocenters. The highest BCUT2D eigenvalue weighted by Crippen LogP contribution is 2.23. The zero-order valence-electron chi connectivity index (χ0n) is 9.37. The average molecular weight is 208 g/mol. The predicted molar refractivity (Wildman–Crippen MR) is 60.5 cm³/mol. The predicted octanol–water partition coefficient (Wildman–Crippen LogP) is 1.20. The summed E-state index contributed by atoms with van der Waals surface area (Å²) in [6.45, 7) is 5.04. The van der Waals surface area contributed by atoms with Gasteiger partial charge in [-0.2, -0.15) is 0 Å². The van der Waals surface area contributed by atoms with Crippen molar-refractivity contribution in [3.63, 3.8) is 0 Å². The molecule has 1 aromatic heterocycles. The van der Waals surface area contributed by atoms with Gasteiger partial charge < -0.3 is 10.7 Å². The lowest BCUT2D eigenvalue weighted by atomic mass is 10.1. The summed E-state index contributed by atoms with van der Waals surface area (Å²) in [5.41, 5.74) is 8.14. The van der Waals surface area contributed by atoms with Crippen LogP contribution >= 0.6 is 0 Å². The van der Waals surface area contributed by atoms with E-state index >= 15 is 0 Å². The van der Waals surface area contributed by atoms with E-state index in [9.17, 15) is 0 Å². The highest BCUT2D eigenvalue weighted by atomic mass is 15.2. The van der Waals surface area contributed by atoms with E-state index in [2.05, 4.69) is 21.8 Å². The highest BCUT2D eigenvalue weighted by molar-refractivity contribution is 5.14. The Bertz CT molecular complexity index is 301. The van der Waals surface area contributed by atoms with Gasteiger partial charge in [0.05, 0.1) is 18.1 Å². The number of H-pyrrole nitrogens is 1. The fraction of sp³-hybridized carbons (Fsp3) is 0.727. The van der Waals surface area contributed by atoms with Gasteiger partial charge in [0.15, 0.2) is 0 Å². The summed E-state index contributed by atoms with van der Waals surface area (Å²) < 4.78 is 0. The molecule has 1 unspecified atom stereocenters. The molecule has 1 fully saturated rings.